The van der Waals surface area contributed by atoms with E-state index in [0.717, 1.165) is 19.6 Å². The molecule has 3 heteroatoms. The molecule has 0 aromatic carbocycles. The van der Waals surface area contributed by atoms with Gasteiger partial charge in [0.15, 0.2) is 0 Å². The molecule has 1 unspecified atom stereocenters. The number of nitrogens with two attached hydrogens (primary N) is 1. The van der Waals surface area contributed by atoms with Crippen molar-refractivity contribution in [3.05, 3.63) is 0 Å². The Morgan fingerprint density at radius 3 is 2.33 bits per heavy atom. The molecule has 2 N–H and O–H groups in total. The highest BCUT2D eigenvalue weighted by Crippen LogP contribution is 2.21. The quantitative estimate of drug-likeness (QED) is 0.673. The highest BCUT2D eigenvalue weighted by atomic mass is 16.5. The summed E-state index contributed by atoms with van der Waals surface area (Å²) in [5.41, 5.74) is 5.99. The van der Waals surface area contributed by atoms with Crippen LogP contribution in [0.3, 0.4) is 0 Å². The fraction of sp³-hybridized carbons (Fsp3) is 1.00. The van der Waals surface area contributed by atoms with E-state index in [4.69, 9.17) is 10.5 Å². The van der Waals surface area contributed by atoms with Crippen LogP contribution < -0.4 is 5.73 Å². The molecule has 0 fully saturated rings. The lowest BCUT2D eigenvalue weighted by Gasteiger charge is -2.43. The molecule has 0 heterocycles. The average molecular weight is 216 g/mol. The minimum Gasteiger partial charge on any atom is -0.385 e. The molecule has 0 saturated carbocycles. The molecular formula is C12H28N2O. The van der Waals surface area contributed by atoms with Gasteiger partial charge in [-0.05, 0) is 40.2 Å². The van der Waals surface area contributed by atoms with Crippen molar-refractivity contribution < 1.29 is 4.74 Å². The van der Waals surface area contributed by atoms with Crippen molar-refractivity contribution in [3.63, 3.8) is 0 Å². The van der Waals surface area contributed by atoms with Crippen molar-refractivity contribution in [2.45, 2.75) is 52.1 Å². The zero-order chi connectivity index (χ0) is 11.9. The summed E-state index contributed by atoms with van der Waals surface area (Å²) in [5, 5.41) is 0. The summed E-state index contributed by atoms with van der Waals surface area (Å²) in [6.45, 7) is 11.5. The summed E-state index contributed by atoms with van der Waals surface area (Å²) in [6, 6.07) is 0.537. The van der Waals surface area contributed by atoms with Gasteiger partial charge in [0.25, 0.3) is 0 Å². The smallest absolute Gasteiger partial charge is 0.0480 e. The Morgan fingerprint density at radius 2 is 2.00 bits per heavy atom. The third kappa shape index (κ3) is 4.49. The summed E-state index contributed by atoms with van der Waals surface area (Å²) < 4.78 is 5.17. The molecular weight excluding hydrogens is 188 g/mol. The molecule has 0 rings (SSSR count). The maximum absolute atomic E-state index is 5.92. The van der Waals surface area contributed by atoms with Gasteiger partial charge in [0, 0.05) is 31.8 Å². The first-order chi connectivity index (χ1) is 7.01. The minimum atomic E-state index is 0.0696. The van der Waals surface area contributed by atoms with Gasteiger partial charge in [-0.2, -0.15) is 0 Å². The Kier molecular flexibility index (Phi) is 7.14. The molecule has 15 heavy (non-hydrogen) atoms. The van der Waals surface area contributed by atoms with E-state index in [0.29, 0.717) is 12.6 Å². The molecule has 0 aromatic rings. The van der Waals surface area contributed by atoms with Crippen LogP contribution in [0, 0.1) is 0 Å². The second-order valence-electron chi connectivity index (χ2n) is 4.73. The monoisotopic (exact) mass is 216 g/mol. The van der Waals surface area contributed by atoms with Crippen LogP contribution in [0.25, 0.3) is 0 Å². The van der Waals surface area contributed by atoms with Crippen LogP contribution in [0.5, 0.6) is 0 Å². The summed E-state index contributed by atoms with van der Waals surface area (Å²) in [6.07, 6.45) is 2.17. The van der Waals surface area contributed by atoms with Crippen molar-refractivity contribution in [1.82, 2.24) is 4.90 Å². The van der Waals surface area contributed by atoms with E-state index >= 15 is 0 Å². The normalized spacial score (nSPS) is 16.0. The molecule has 0 aliphatic rings. The predicted octanol–water partition coefficient (Wildman–Crippen LogP) is 1.86. The number of hydrogen-bond acceptors (Lipinski definition) is 3. The number of methoxy groups -OCH3 is 1. The lowest BCUT2D eigenvalue weighted by Crippen LogP contribution is -2.55. The van der Waals surface area contributed by atoms with Crippen LogP contribution >= 0.6 is 0 Å². The Morgan fingerprint density at radius 1 is 1.40 bits per heavy atom. The molecule has 0 radical (unpaired) electrons. The Labute approximate surface area is 95.0 Å². The minimum absolute atomic E-state index is 0.0696. The van der Waals surface area contributed by atoms with Gasteiger partial charge in [0.05, 0.1) is 0 Å². The summed E-state index contributed by atoms with van der Waals surface area (Å²) in [7, 11) is 1.75. The number of rotatable bonds is 8. The van der Waals surface area contributed by atoms with Crippen molar-refractivity contribution in [3.8, 4) is 0 Å². The van der Waals surface area contributed by atoms with E-state index in [-0.39, 0.29) is 5.54 Å². The number of nitrogens with zero attached hydrogens (tertiary/aromatic N) is 1. The molecule has 92 valence electrons. The summed E-state index contributed by atoms with van der Waals surface area (Å²) >= 11 is 0. The van der Waals surface area contributed by atoms with Gasteiger partial charge in [-0.25, -0.2) is 0 Å². The molecule has 3 nitrogen and oxygen atoms in total. The van der Waals surface area contributed by atoms with Crippen molar-refractivity contribution in [1.29, 1.82) is 0 Å². The molecule has 0 aromatic heterocycles. The van der Waals surface area contributed by atoms with Crippen molar-refractivity contribution in [2.75, 3.05) is 26.8 Å². The first-order valence-electron chi connectivity index (χ1n) is 5.97. The van der Waals surface area contributed by atoms with Gasteiger partial charge < -0.3 is 10.5 Å². The maximum Gasteiger partial charge on any atom is 0.0480 e. The SMILES string of the molecule is CCCN(C(C)C)C(C)(CN)CCOC. The third-order valence-electron chi connectivity index (χ3n) is 3.07. The second kappa shape index (κ2) is 7.20. The fourth-order valence-corrected chi connectivity index (χ4v) is 2.08. The van der Waals surface area contributed by atoms with Crippen LogP contribution in [-0.2, 0) is 4.74 Å². The second-order valence-corrected chi connectivity index (χ2v) is 4.73. The Hall–Kier alpha value is -0.120. The van der Waals surface area contributed by atoms with Gasteiger partial charge in [-0.3, -0.25) is 4.90 Å². The summed E-state index contributed by atoms with van der Waals surface area (Å²) in [5.74, 6) is 0. The van der Waals surface area contributed by atoms with Crippen molar-refractivity contribution in [2.24, 2.45) is 5.73 Å². The first-order valence-corrected chi connectivity index (χ1v) is 5.97. The van der Waals surface area contributed by atoms with Crippen LogP contribution in [0.1, 0.15) is 40.5 Å². The molecule has 0 aliphatic carbocycles. The van der Waals surface area contributed by atoms with E-state index in [9.17, 15) is 0 Å². The van der Waals surface area contributed by atoms with Crippen LogP contribution in [0.15, 0.2) is 0 Å². The van der Waals surface area contributed by atoms with E-state index < -0.39 is 0 Å². The molecule has 1 atom stereocenters. The zero-order valence-electron chi connectivity index (χ0n) is 11.0. The predicted molar refractivity (Wildman–Crippen MR) is 66.1 cm³/mol. The highest BCUT2D eigenvalue weighted by Gasteiger charge is 2.31. The lowest BCUT2D eigenvalue weighted by molar-refractivity contribution is 0.0444. The van der Waals surface area contributed by atoms with E-state index in [1.165, 1.54) is 6.42 Å². The molecule has 0 bridgehead atoms. The highest BCUT2D eigenvalue weighted by molar-refractivity contribution is 4.88. The Bertz CT molecular complexity index is 162. The van der Waals surface area contributed by atoms with E-state index in [2.05, 4.69) is 32.6 Å². The standard InChI is InChI=1S/C12H28N2O/c1-6-8-14(11(2)3)12(4,10-13)7-9-15-5/h11H,6-10,13H2,1-5H3. The van der Waals surface area contributed by atoms with Gasteiger partial charge >= 0.3 is 0 Å². The average Bonchev–Trinajstić information content (AvgIpc) is 2.22. The molecule has 0 aliphatic heterocycles. The number of hydrogen-bond donors (Lipinski definition) is 1. The number of ether oxygens (including phenoxy) is 1. The summed E-state index contributed by atoms with van der Waals surface area (Å²) in [4.78, 5) is 2.49. The maximum atomic E-state index is 5.92. The molecule has 0 spiro atoms. The molecule has 0 amide bonds. The van der Waals surface area contributed by atoms with Crippen molar-refractivity contribution >= 4 is 0 Å². The van der Waals surface area contributed by atoms with Gasteiger partial charge in [-0.15, -0.1) is 0 Å². The van der Waals surface area contributed by atoms with E-state index in [1.54, 1.807) is 7.11 Å². The van der Waals surface area contributed by atoms with Crippen LogP contribution in [0.2, 0.25) is 0 Å². The topological polar surface area (TPSA) is 38.5 Å². The van der Waals surface area contributed by atoms with Crippen LogP contribution in [-0.4, -0.2) is 43.3 Å². The first kappa shape index (κ1) is 14.9. The zero-order valence-corrected chi connectivity index (χ0v) is 11.0. The fourth-order valence-electron chi connectivity index (χ4n) is 2.08. The van der Waals surface area contributed by atoms with Gasteiger partial charge in [0.1, 0.15) is 0 Å². The van der Waals surface area contributed by atoms with Gasteiger partial charge in [-0.1, -0.05) is 6.92 Å². The van der Waals surface area contributed by atoms with E-state index in [1.807, 2.05) is 0 Å². The van der Waals surface area contributed by atoms with Gasteiger partial charge in [0.2, 0.25) is 0 Å². The molecule has 0 saturated heterocycles. The Balaban J connectivity index is 4.53. The third-order valence-corrected chi connectivity index (χ3v) is 3.07. The largest absolute Gasteiger partial charge is 0.385 e. The lowest BCUT2D eigenvalue weighted by atomic mass is 9.94. The van der Waals surface area contributed by atoms with Crippen LogP contribution in [0.4, 0.5) is 0 Å².